The number of hydrogen-bond acceptors (Lipinski definition) is 1. The molecule has 0 atom stereocenters. The van der Waals surface area contributed by atoms with Gasteiger partial charge in [-0.15, -0.1) is 0 Å². The minimum absolute atomic E-state index is 0.0465. The second kappa shape index (κ2) is 6.33. The topological polar surface area (TPSA) is 26.0 Å². The molecule has 0 aromatic heterocycles. The molecule has 21 heavy (non-hydrogen) atoms. The Morgan fingerprint density at radius 2 is 1.57 bits per heavy atom. The summed E-state index contributed by atoms with van der Waals surface area (Å²) in [5.41, 5.74) is 9.44. The minimum Gasteiger partial charge on any atom is -0.325 e. The second-order valence-corrected chi connectivity index (χ2v) is 7.17. The molecule has 2 aromatic rings. The molecule has 0 aliphatic heterocycles. The lowest BCUT2D eigenvalue weighted by molar-refractivity contribution is 0.270. The van der Waals surface area contributed by atoms with Crippen LogP contribution in [0.2, 0.25) is 0 Å². The normalized spacial score (nSPS) is 25.7. The lowest BCUT2D eigenvalue weighted by Crippen LogP contribution is -2.45. The van der Waals surface area contributed by atoms with Gasteiger partial charge in [0.1, 0.15) is 0 Å². The van der Waals surface area contributed by atoms with E-state index < -0.39 is 0 Å². The van der Waals surface area contributed by atoms with E-state index in [2.05, 4.69) is 70.5 Å². The first-order chi connectivity index (χ1) is 10.2. The summed E-state index contributed by atoms with van der Waals surface area (Å²) in [4.78, 5) is 0. The first-order valence-electron chi connectivity index (χ1n) is 7.74. The number of rotatable bonds is 3. The predicted molar refractivity (Wildman–Crippen MR) is 92.4 cm³/mol. The van der Waals surface area contributed by atoms with Crippen LogP contribution in [0.15, 0.2) is 59.1 Å². The molecule has 1 fully saturated rings. The highest BCUT2D eigenvalue weighted by atomic mass is 79.9. The lowest BCUT2D eigenvalue weighted by atomic mass is 9.72. The van der Waals surface area contributed by atoms with Crippen LogP contribution in [0.4, 0.5) is 0 Å². The highest BCUT2D eigenvalue weighted by Crippen LogP contribution is 2.38. The summed E-state index contributed by atoms with van der Waals surface area (Å²) < 4.78 is 1.18. The maximum atomic E-state index is 6.68. The molecule has 0 unspecified atom stereocenters. The standard InChI is InChI=1S/C19H22BrN/c20-18-9-5-4-8-17(18)14-19(21)12-10-16(11-13-19)15-6-2-1-3-7-15/h1-9,16H,10-14,21H2. The Morgan fingerprint density at radius 3 is 2.24 bits per heavy atom. The smallest absolute Gasteiger partial charge is 0.0207 e. The quantitative estimate of drug-likeness (QED) is 0.829. The summed E-state index contributed by atoms with van der Waals surface area (Å²) >= 11 is 3.64. The first kappa shape index (κ1) is 14.8. The zero-order valence-electron chi connectivity index (χ0n) is 12.3. The average Bonchev–Trinajstić information content (AvgIpc) is 2.51. The second-order valence-electron chi connectivity index (χ2n) is 6.32. The van der Waals surface area contributed by atoms with E-state index in [1.165, 1.54) is 28.4 Å². The van der Waals surface area contributed by atoms with E-state index in [1.54, 1.807) is 0 Å². The van der Waals surface area contributed by atoms with Crippen molar-refractivity contribution in [2.45, 2.75) is 43.6 Å². The van der Waals surface area contributed by atoms with Crippen LogP contribution < -0.4 is 5.73 Å². The van der Waals surface area contributed by atoms with E-state index in [0.29, 0.717) is 5.92 Å². The van der Waals surface area contributed by atoms with Crippen LogP contribution in [0.5, 0.6) is 0 Å². The maximum absolute atomic E-state index is 6.68. The minimum atomic E-state index is -0.0465. The number of nitrogens with two attached hydrogens (primary N) is 1. The van der Waals surface area contributed by atoms with E-state index in [-0.39, 0.29) is 5.54 Å². The zero-order chi connectivity index (χ0) is 14.7. The van der Waals surface area contributed by atoms with Crippen molar-refractivity contribution in [3.63, 3.8) is 0 Å². The molecule has 1 aliphatic rings. The molecule has 2 N–H and O–H groups in total. The molecule has 2 heteroatoms. The molecule has 0 spiro atoms. The molecule has 0 heterocycles. The van der Waals surface area contributed by atoms with Crippen LogP contribution in [-0.2, 0) is 6.42 Å². The fourth-order valence-corrected chi connectivity index (χ4v) is 3.87. The van der Waals surface area contributed by atoms with Crippen molar-refractivity contribution in [2.75, 3.05) is 0 Å². The predicted octanol–water partition coefficient (Wildman–Crippen LogP) is 5.05. The number of hydrogen-bond donors (Lipinski definition) is 1. The van der Waals surface area contributed by atoms with Gasteiger partial charge in [0.15, 0.2) is 0 Å². The summed E-state index contributed by atoms with van der Waals surface area (Å²) in [5, 5.41) is 0. The monoisotopic (exact) mass is 343 g/mol. The van der Waals surface area contributed by atoms with Gasteiger partial charge in [-0.2, -0.15) is 0 Å². The van der Waals surface area contributed by atoms with Gasteiger partial charge in [-0.05, 0) is 55.2 Å². The Morgan fingerprint density at radius 1 is 0.952 bits per heavy atom. The van der Waals surface area contributed by atoms with Gasteiger partial charge in [0.25, 0.3) is 0 Å². The number of halogens is 1. The van der Waals surface area contributed by atoms with E-state index in [0.717, 1.165) is 19.3 Å². The van der Waals surface area contributed by atoms with E-state index >= 15 is 0 Å². The van der Waals surface area contributed by atoms with Crippen molar-refractivity contribution in [3.8, 4) is 0 Å². The van der Waals surface area contributed by atoms with Gasteiger partial charge in [-0.25, -0.2) is 0 Å². The maximum Gasteiger partial charge on any atom is 0.0207 e. The van der Waals surface area contributed by atoms with Crippen molar-refractivity contribution >= 4 is 15.9 Å². The Bertz CT molecular complexity index is 586. The molecule has 0 amide bonds. The molecule has 0 saturated heterocycles. The first-order valence-corrected chi connectivity index (χ1v) is 8.53. The Hall–Kier alpha value is -1.12. The molecule has 3 rings (SSSR count). The van der Waals surface area contributed by atoms with Crippen LogP contribution in [0.3, 0.4) is 0 Å². The molecule has 1 nitrogen and oxygen atoms in total. The van der Waals surface area contributed by atoms with Crippen LogP contribution in [0.1, 0.15) is 42.7 Å². The zero-order valence-corrected chi connectivity index (χ0v) is 13.9. The summed E-state index contributed by atoms with van der Waals surface area (Å²) in [6.07, 6.45) is 5.58. The fraction of sp³-hybridized carbons (Fsp3) is 0.368. The van der Waals surface area contributed by atoms with Crippen LogP contribution in [-0.4, -0.2) is 5.54 Å². The third-order valence-electron chi connectivity index (χ3n) is 4.75. The summed E-state index contributed by atoms with van der Waals surface area (Å²) in [5.74, 6) is 0.682. The van der Waals surface area contributed by atoms with Crippen molar-refractivity contribution in [3.05, 3.63) is 70.2 Å². The van der Waals surface area contributed by atoms with Crippen LogP contribution in [0.25, 0.3) is 0 Å². The SMILES string of the molecule is NC1(Cc2ccccc2Br)CCC(c2ccccc2)CC1. The molecule has 0 radical (unpaired) electrons. The van der Waals surface area contributed by atoms with Crippen molar-refractivity contribution in [2.24, 2.45) is 5.73 Å². The number of benzene rings is 2. The molecule has 1 aliphatic carbocycles. The molecule has 110 valence electrons. The van der Waals surface area contributed by atoms with Gasteiger partial charge in [-0.1, -0.05) is 64.5 Å². The lowest BCUT2D eigenvalue weighted by Gasteiger charge is -2.37. The Kier molecular flexibility index (Phi) is 4.46. The summed E-state index contributed by atoms with van der Waals surface area (Å²) in [7, 11) is 0. The van der Waals surface area contributed by atoms with Crippen molar-refractivity contribution in [1.29, 1.82) is 0 Å². The highest BCUT2D eigenvalue weighted by Gasteiger charge is 2.32. The van der Waals surface area contributed by atoms with Gasteiger partial charge in [0.05, 0.1) is 0 Å². The molecular formula is C19H22BrN. The van der Waals surface area contributed by atoms with E-state index in [1.807, 2.05) is 0 Å². The highest BCUT2D eigenvalue weighted by molar-refractivity contribution is 9.10. The Labute approximate surface area is 135 Å². The third-order valence-corrected chi connectivity index (χ3v) is 5.53. The molecule has 2 aromatic carbocycles. The average molecular weight is 344 g/mol. The fourth-order valence-electron chi connectivity index (χ4n) is 3.45. The Balaban J connectivity index is 1.66. The summed E-state index contributed by atoms with van der Waals surface area (Å²) in [6, 6.07) is 19.3. The van der Waals surface area contributed by atoms with Crippen LogP contribution in [0, 0.1) is 0 Å². The van der Waals surface area contributed by atoms with Gasteiger partial charge < -0.3 is 5.73 Å². The largest absolute Gasteiger partial charge is 0.325 e. The molecule has 1 saturated carbocycles. The van der Waals surface area contributed by atoms with E-state index in [9.17, 15) is 0 Å². The molecular weight excluding hydrogens is 322 g/mol. The van der Waals surface area contributed by atoms with Gasteiger partial charge in [0, 0.05) is 10.0 Å². The van der Waals surface area contributed by atoms with Crippen molar-refractivity contribution < 1.29 is 0 Å². The van der Waals surface area contributed by atoms with Gasteiger partial charge in [-0.3, -0.25) is 0 Å². The van der Waals surface area contributed by atoms with Gasteiger partial charge >= 0.3 is 0 Å². The third kappa shape index (κ3) is 3.56. The van der Waals surface area contributed by atoms with Gasteiger partial charge in [0.2, 0.25) is 0 Å². The molecule has 0 bridgehead atoms. The van der Waals surface area contributed by atoms with Crippen molar-refractivity contribution in [1.82, 2.24) is 0 Å². The van der Waals surface area contributed by atoms with E-state index in [4.69, 9.17) is 5.73 Å². The van der Waals surface area contributed by atoms with Crippen LogP contribution >= 0.6 is 15.9 Å². The summed E-state index contributed by atoms with van der Waals surface area (Å²) in [6.45, 7) is 0.